The summed E-state index contributed by atoms with van der Waals surface area (Å²) in [5.41, 5.74) is 1.48. The van der Waals surface area contributed by atoms with Crippen molar-refractivity contribution in [2.24, 2.45) is 0 Å². The largest absolute Gasteiger partial charge is 0.492 e. The molecule has 0 saturated heterocycles. The fourth-order valence-electron chi connectivity index (χ4n) is 2.29. The van der Waals surface area contributed by atoms with Crippen molar-refractivity contribution < 1.29 is 4.74 Å². The molecule has 0 fully saturated rings. The Labute approximate surface area is 114 Å². The Kier molecular flexibility index (Phi) is 5.09. The molecule has 2 rings (SSSR count). The summed E-state index contributed by atoms with van der Waals surface area (Å²) in [5, 5.41) is 4.04. The van der Waals surface area contributed by atoms with E-state index in [0.717, 1.165) is 5.75 Å². The predicted molar refractivity (Wildman–Crippen MR) is 76.3 cm³/mol. The molecule has 2 nitrogen and oxygen atoms in total. The Morgan fingerprint density at radius 3 is 2.94 bits per heavy atom. The van der Waals surface area contributed by atoms with Crippen molar-refractivity contribution in [3.8, 4) is 5.75 Å². The van der Waals surface area contributed by atoms with Crippen LogP contribution in [0.1, 0.15) is 25.7 Å². The molecule has 0 heterocycles. The molecule has 1 atom stereocenters. The van der Waals surface area contributed by atoms with Crippen molar-refractivity contribution in [2.45, 2.75) is 31.7 Å². The van der Waals surface area contributed by atoms with E-state index >= 15 is 0 Å². The van der Waals surface area contributed by atoms with Gasteiger partial charge in [0.15, 0.2) is 0 Å². The maximum absolute atomic E-state index is 5.94. The number of ether oxygens (including phenoxy) is 1. The van der Waals surface area contributed by atoms with Crippen LogP contribution in [-0.4, -0.2) is 19.7 Å². The number of hydrogen-bond donors (Lipinski definition) is 1. The summed E-state index contributed by atoms with van der Waals surface area (Å²) in [5.74, 6) is 0.833. The normalized spacial score (nSPS) is 17.1. The molecule has 98 valence electrons. The Balaban J connectivity index is 1.92. The summed E-state index contributed by atoms with van der Waals surface area (Å²) in [6.07, 6.45) is 7.34. The molecule has 1 aliphatic carbocycles. The molecule has 1 unspecified atom stereocenters. The van der Waals surface area contributed by atoms with Gasteiger partial charge in [-0.3, -0.25) is 0 Å². The first-order valence-corrected chi connectivity index (χ1v) is 6.92. The molecule has 18 heavy (non-hydrogen) atoms. The highest BCUT2D eigenvalue weighted by Gasteiger charge is 2.15. The molecule has 0 aromatic heterocycles. The summed E-state index contributed by atoms with van der Waals surface area (Å²) in [6, 6.07) is 7.86. The van der Waals surface area contributed by atoms with Crippen molar-refractivity contribution in [1.29, 1.82) is 0 Å². The summed E-state index contributed by atoms with van der Waals surface area (Å²) in [6.45, 7) is 0.655. The molecule has 0 radical (unpaired) electrons. The second-order valence-electron chi connectivity index (χ2n) is 4.63. The van der Waals surface area contributed by atoms with Gasteiger partial charge in [0.2, 0.25) is 0 Å². The lowest BCUT2D eigenvalue weighted by molar-refractivity contribution is 0.283. The van der Waals surface area contributed by atoms with E-state index in [1.807, 2.05) is 31.3 Å². The molecule has 0 saturated carbocycles. The van der Waals surface area contributed by atoms with Crippen LogP contribution in [0.3, 0.4) is 0 Å². The topological polar surface area (TPSA) is 21.3 Å². The van der Waals surface area contributed by atoms with E-state index in [0.29, 0.717) is 17.7 Å². The van der Waals surface area contributed by atoms with Gasteiger partial charge in [-0.05, 0) is 50.9 Å². The lowest BCUT2D eigenvalue weighted by Crippen LogP contribution is -2.34. The van der Waals surface area contributed by atoms with Crippen LogP contribution in [0.5, 0.6) is 5.75 Å². The molecule has 1 aliphatic rings. The molecule has 1 N–H and O–H groups in total. The van der Waals surface area contributed by atoms with Crippen LogP contribution in [0.15, 0.2) is 35.9 Å². The first-order chi connectivity index (χ1) is 8.79. The Bertz CT molecular complexity index is 417. The minimum absolute atomic E-state index is 0.310. The minimum atomic E-state index is 0.310. The zero-order chi connectivity index (χ0) is 12.8. The quantitative estimate of drug-likeness (QED) is 0.818. The third-order valence-electron chi connectivity index (χ3n) is 3.33. The second kappa shape index (κ2) is 6.81. The van der Waals surface area contributed by atoms with Gasteiger partial charge in [0.05, 0.1) is 6.04 Å². The Morgan fingerprint density at radius 1 is 1.39 bits per heavy atom. The minimum Gasteiger partial charge on any atom is -0.492 e. The zero-order valence-electron chi connectivity index (χ0n) is 10.8. The van der Waals surface area contributed by atoms with Crippen molar-refractivity contribution >= 4 is 11.6 Å². The summed E-state index contributed by atoms with van der Waals surface area (Å²) >= 11 is 5.94. The lowest BCUT2D eigenvalue weighted by Gasteiger charge is -2.23. The van der Waals surface area contributed by atoms with Gasteiger partial charge in [-0.15, -0.1) is 0 Å². The van der Waals surface area contributed by atoms with Gasteiger partial charge < -0.3 is 10.1 Å². The number of nitrogens with one attached hydrogen (secondary N) is 1. The molecular formula is C15H20ClNO. The van der Waals surface area contributed by atoms with Gasteiger partial charge >= 0.3 is 0 Å². The summed E-state index contributed by atoms with van der Waals surface area (Å²) in [4.78, 5) is 0. The van der Waals surface area contributed by atoms with Crippen molar-refractivity contribution in [1.82, 2.24) is 5.32 Å². The van der Waals surface area contributed by atoms with Gasteiger partial charge in [0, 0.05) is 5.02 Å². The summed E-state index contributed by atoms with van der Waals surface area (Å²) in [7, 11) is 1.99. The van der Waals surface area contributed by atoms with Crippen LogP contribution in [0.4, 0.5) is 0 Å². The van der Waals surface area contributed by atoms with E-state index in [-0.39, 0.29) is 0 Å². The van der Waals surface area contributed by atoms with Gasteiger partial charge in [0.1, 0.15) is 12.4 Å². The highest BCUT2D eigenvalue weighted by molar-refractivity contribution is 6.30. The maximum atomic E-state index is 5.94. The van der Waals surface area contributed by atoms with E-state index in [9.17, 15) is 0 Å². The molecular weight excluding hydrogens is 246 g/mol. The SMILES string of the molecule is CNC(COc1cccc(Cl)c1)C1=CCCCC1. The smallest absolute Gasteiger partial charge is 0.120 e. The fourth-order valence-corrected chi connectivity index (χ4v) is 2.47. The van der Waals surface area contributed by atoms with Crippen LogP contribution in [0.2, 0.25) is 5.02 Å². The third-order valence-corrected chi connectivity index (χ3v) is 3.57. The van der Waals surface area contributed by atoms with Crippen molar-refractivity contribution in [3.63, 3.8) is 0 Å². The van der Waals surface area contributed by atoms with E-state index in [4.69, 9.17) is 16.3 Å². The van der Waals surface area contributed by atoms with Crippen LogP contribution in [0.25, 0.3) is 0 Å². The molecule has 1 aromatic rings. The number of benzene rings is 1. The summed E-state index contributed by atoms with van der Waals surface area (Å²) < 4.78 is 5.81. The van der Waals surface area contributed by atoms with E-state index in [1.54, 1.807) is 0 Å². The third kappa shape index (κ3) is 3.76. The van der Waals surface area contributed by atoms with Gasteiger partial charge in [-0.2, -0.15) is 0 Å². The Hall–Kier alpha value is -0.990. The first-order valence-electron chi connectivity index (χ1n) is 6.54. The molecule has 0 bridgehead atoms. The van der Waals surface area contributed by atoms with E-state index in [1.165, 1.54) is 31.3 Å². The standard InChI is InChI=1S/C15H20ClNO/c1-17-15(12-6-3-2-4-7-12)11-18-14-9-5-8-13(16)10-14/h5-6,8-10,15,17H,2-4,7,11H2,1H3. The van der Waals surface area contributed by atoms with Crippen LogP contribution < -0.4 is 10.1 Å². The fraction of sp³-hybridized carbons (Fsp3) is 0.467. The van der Waals surface area contributed by atoms with E-state index in [2.05, 4.69) is 11.4 Å². The van der Waals surface area contributed by atoms with Crippen LogP contribution in [0, 0.1) is 0 Å². The van der Waals surface area contributed by atoms with Gasteiger partial charge in [-0.1, -0.05) is 29.3 Å². The molecule has 0 amide bonds. The second-order valence-corrected chi connectivity index (χ2v) is 5.07. The highest BCUT2D eigenvalue weighted by Crippen LogP contribution is 2.22. The average molecular weight is 266 g/mol. The monoisotopic (exact) mass is 265 g/mol. The predicted octanol–water partition coefficient (Wildman–Crippen LogP) is 3.81. The molecule has 0 spiro atoms. The van der Waals surface area contributed by atoms with E-state index < -0.39 is 0 Å². The van der Waals surface area contributed by atoms with Crippen molar-refractivity contribution in [3.05, 3.63) is 40.9 Å². The Morgan fingerprint density at radius 2 is 2.28 bits per heavy atom. The maximum Gasteiger partial charge on any atom is 0.120 e. The first kappa shape index (κ1) is 13.4. The highest BCUT2D eigenvalue weighted by atomic mass is 35.5. The number of allylic oxidation sites excluding steroid dienone is 1. The molecule has 0 aliphatic heterocycles. The molecule has 3 heteroatoms. The zero-order valence-corrected chi connectivity index (χ0v) is 11.5. The van der Waals surface area contributed by atoms with Gasteiger partial charge in [-0.25, -0.2) is 0 Å². The number of likely N-dealkylation sites (N-methyl/N-ethyl adjacent to an activating group) is 1. The molecule has 1 aromatic carbocycles. The number of rotatable bonds is 5. The van der Waals surface area contributed by atoms with Crippen LogP contribution >= 0.6 is 11.6 Å². The average Bonchev–Trinajstić information content (AvgIpc) is 2.41. The number of halogens is 1. The van der Waals surface area contributed by atoms with Gasteiger partial charge in [0.25, 0.3) is 0 Å². The van der Waals surface area contributed by atoms with Crippen molar-refractivity contribution in [2.75, 3.05) is 13.7 Å². The number of hydrogen-bond acceptors (Lipinski definition) is 2. The van der Waals surface area contributed by atoms with Crippen LogP contribution in [-0.2, 0) is 0 Å². The lowest BCUT2D eigenvalue weighted by atomic mass is 9.94.